The Kier molecular flexibility index (Phi) is 2.01. The predicted molar refractivity (Wildman–Crippen MR) is 53.4 cm³/mol. The minimum absolute atomic E-state index is 0.279. The first-order valence-corrected chi connectivity index (χ1v) is 4.97. The summed E-state index contributed by atoms with van der Waals surface area (Å²) < 4.78 is 0. The average Bonchev–Trinajstić information content (AvgIpc) is 2.47. The second kappa shape index (κ2) is 3.04. The van der Waals surface area contributed by atoms with Crippen LogP contribution >= 0.6 is 11.8 Å². The van der Waals surface area contributed by atoms with Gasteiger partial charge in [-0.15, -0.1) is 11.8 Å². The Bertz CT molecular complexity index is 340. The number of nitrogens with one attached hydrogen (secondary N) is 1. The molecule has 1 aliphatic heterocycles. The second-order valence-corrected chi connectivity index (χ2v) is 4.03. The maximum absolute atomic E-state index is 5.54. The Labute approximate surface area is 80.3 Å². The van der Waals surface area contributed by atoms with Crippen LogP contribution < -0.4 is 17.0 Å². The molecule has 6 heteroatoms. The minimum Gasteiger partial charge on any atom is -0.368 e. The number of thioether (sulfide) groups is 1. The molecule has 0 aromatic carbocycles. The number of fused-ring (bicyclic) bond motifs is 1. The molecule has 1 aromatic heterocycles. The summed E-state index contributed by atoms with van der Waals surface area (Å²) in [7, 11) is 0. The van der Waals surface area contributed by atoms with Crippen LogP contribution in [-0.2, 0) is 0 Å². The molecule has 5 nitrogen and oxygen atoms in total. The molecule has 0 aliphatic carbocycles. The first kappa shape index (κ1) is 8.58. The molecule has 13 heavy (non-hydrogen) atoms. The van der Waals surface area contributed by atoms with Crippen molar-refractivity contribution in [1.82, 2.24) is 9.97 Å². The fourth-order valence-corrected chi connectivity index (χ4v) is 2.56. The van der Waals surface area contributed by atoms with Crippen molar-refractivity contribution < 1.29 is 0 Å². The standard InChI is InChI=1S/C7H11N5S/c1-3-2-13-5-4(3)10-7(8)11-6(5)12-9/h3H,2,9H2,1H3,(H3,8,10,11,12). The molecular weight excluding hydrogens is 186 g/mol. The van der Waals surface area contributed by atoms with Crippen molar-refractivity contribution in [3.8, 4) is 0 Å². The molecule has 2 heterocycles. The molecule has 0 bridgehead atoms. The Balaban J connectivity index is 2.56. The van der Waals surface area contributed by atoms with Crippen LogP contribution in [-0.4, -0.2) is 15.7 Å². The molecule has 0 radical (unpaired) electrons. The van der Waals surface area contributed by atoms with Crippen LogP contribution in [0.15, 0.2) is 4.90 Å². The normalized spacial score (nSPS) is 20.0. The third-order valence-corrected chi connectivity index (χ3v) is 3.35. The number of anilines is 2. The van der Waals surface area contributed by atoms with Crippen molar-refractivity contribution in [3.05, 3.63) is 5.69 Å². The van der Waals surface area contributed by atoms with Crippen LogP contribution in [0.3, 0.4) is 0 Å². The van der Waals surface area contributed by atoms with Gasteiger partial charge in [-0.3, -0.25) is 0 Å². The highest BCUT2D eigenvalue weighted by Gasteiger charge is 2.25. The summed E-state index contributed by atoms with van der Waals surface area (Å²) in [6.45, 7) is 2.12. The van der Waals surface area contributed by atoms with Crippen molar-refractivity contribution in [2.24, 2.45) is 5.84 Å². The van der Waals surface area contributed by atoms with Gasteiger partial charge in [0.25, 0.3) is 0 Å². The molecule has 1 aromatic rings. The van der Waals surface area contributed by atoms with Crippen molar-refractivity contribution in [2.75, 3.05) is 16.9 Å². The zero-order valence-electron chi connectivity index (χ0n) is 7.24. The highest BCUT2D eigenvalue weighted by molar-refractivity contribution is 7.99. The second-order valence-electron chi connectivity index (χ2n) is 3.00. The highest BCUT2D eigenvalue weighted by atomic mass is 32.2. The highest BCUT2D eigenvalue weighted by Crippen LogP contribution is 2.41. The number of nitrogen functional groups attached to an aromatic ring is 2. The van der Waals surface area contributed by atoms with E-state index >= 15 is 0 Å². The van der Waals surface area contributed by atoms with Crippen LogP contribution in [0.2, 0.25) is 0 Å². The monoisotopic (exact) mass is 197 g/mol. The Hall–Kier alpha value is -1.01. The van der Waals surface area contributed by atoms with Gasteiger partial charge in [-0.25, -0.2) is 10.8 Å². The quantitative estimate of drug-likeness (QED) is 0.450. The molecule has 0 saturated heterocycles. The van der Waals surface area contributed by atoms with E-state index in [2.05, 4.69) is 22.3 Å². The van der Waals surface area contributed by atoms with Gasteiger partial charge in [-0.2, -0.15) is 4.98 Å². The van der Waals surface area contributed by atoms with E-state index in [1.165, 1.54) is 0 Å². The number of rotatable bonds is 1. The van der Waals surface area contributed by atoms with Gasteiger partial charge < -0.3 is 11.2 Å². The van der Waals surface area contributed by atoms with E-state index in [4.69, 9.17) is 11.6 Å². The summed E-state index contributed by atoms with van der Waals surface area (Å²) >= 11 is 1.71. The van der Waals surface area contributed by atoms with Gasteiger partial charge in [0.1, 0.15) is 0 Å². The third kappa shape index (κ3) is 1.31. The van der Waals surface area contributed by atoms with E-state index in [0.717, 1.165) is 16.3 Å². The molecule has 0 amide bonds. The first-order valence-electron chi connectivity index (χ1n) is 3.99. The number of nitrogens with two attached hydrogens (primary N) is 2. The number of hydrazine groups is 1. The Morgan fingerprint density at radius 3 is 3.00 bits per heavy atom. The molecule has 1 unspecified atom stereocenters. The number of hydrogen-bond acceptors (Lipinski definition) is 6. The van der Waals surface area contributed by atoms with Crippen LogP contribution in [0.25, 0.3) is 0 Å². The number of nitrogens with zero attached hydrogens (tertiary/aromatic N) is 2. The zero-order valence-corrected chi connectivity index (χ0v) is 8.06. The van der Waals surface area contributed by atoms with Crippen molar-refractivity contribution in [1.29, 1.82) is 0 Å². The molecule has 0 saturated carbocycles. The van der Waals surface area contributed by atoms with Gasteiger partial charge >= 0.3 is 0 Å². The number of hydrogen-bond donors (Lipinski definition) is 3. The van der Waals surface area contributed by atoms with Crippen LogP contribution in [0.1, 0.15) is 18.5 Å². The fourth-order valence-electron chi connectivity index (χ4n) is 1.35. The minimum atomic E-state index is 0.279. The van der Waals surface area contributed by atoms with Gasteiger partial charge in [0.15, 0.2) is 5.82 Å². The van der Waals surface area contributed by atoms with Gasteiger partial charge in [0.2, 0.25) is 5.95 Å². The fraction of sp³-hybridized carbons (Fsp3) is 0.429. The lowest BCUT2D eigenvalue weighted by Gasteiger charge is -2.07. The lowest BCUT2D eigenvalue weighted by molar-refractivity contribution is 0.824. The summed E-state index contributed by atoms with van der Waals surface area (Å²) in [4.78, 5) is 9.23. The van der Waals surface area contributed by atoms with E-state index in [1.54, 1.807) is 11.8 Å². The molecule has 1 atom stereocenters. The van der Waals surface area contributed by atoms with Crippen LogP contribution in [0.4, 0.5) is 11.8 Å². The van der Waals surface area contributed by atoms with Crippen LogP contribution in [0, 0.1) is 0 Å². The molecule has 0 spiro atoms. The van der Waals surface area contributed by atoms with E-state index in [-0.39, 0.29) is 5.95 Å². The van der Waals surface area contributed by atoms with Gasteiger partial charge in [-0.1, -0.05) is 6.92 Å². The summed E-state index contributed by atoms with van der Waals surface area (Å²) in [5, 5.41) is 0. The van der Waals surface area contributed by atoms with E-state index in [1.807, 2.05) is 0 Å². The topological polar surface area (TPSA) is 89.8 Å². The molecular formula is C7H11N5S. The average molecular weight is 197 g/mol. The lowest BCUT2D eigenvalue weighted by atomic mass is 10.1. The zero-order chi connectivity index (χ0) is 9.42. The molecule has 70 valence electrons. The molecule has 0 fully saturated rings. The summed E-state index contributed by atoms with van der Waals surface area (Å²) in [6, 6.07) is 0. The predicted octanol–water partition coefficient (Wildman–Crippen LogP) is 0.554. The Morgan fingerprint density at radius 2 is 2.31 bits per heavy atom. The van der Waals surface area contributed by atoms with E-state index in [0.29, 0.717) is 11.7 Å². The third-order valence-electron chi connectivity index (χ3n) is 1.99. The van der Waals surface area contributed by atoms with Crippen molar-refractivity contribution in [3.63, 3.8) is 0 Å². The first-order chi connectivity index (χ1) is 6.22. The maximum Gasteiger partial charge on any atom is 0.222 e. The van der Waals surface area contributed by atoms with Crippen molar-refractivity contribution in [2.45, 2.75) is 17.7 Å². The molecule has 5 N–H and O–H groups in total. The largest absolute Gasteiger partial charge is 0.368 e. The lowest BCUT2D eigenvalue weighted by Crippen LogP contribution is -2.12. The van der Waals surface area contributed by atoms with Gasteiger partial charge in [-0.05, 0) is 0 Å². The smallest absolute Gasteiger partial charge is 0.222 e. The SMILES string of the molecule is CC1CSc2c(NN)nc(N)nc21. The molecule has 1 aliphatic rings. The number of aromatic nitrogens is 2. The van der Waals surface area contributed by atoms with Gasteiger partial charge in [0, 0.05) is 11.7 Å². The van der Waals surface area contributed by atoms with E-state index in [9.17, 15) is 0 Å². The van der Waals surface area contributed by atoms with Crippen LogP contribution in [0.5, 0.6) is 0 Å². The van der Waals surface area contributed by atoms with E-state index < -0.39 is 0 Å². The van der Waals surface area contributed by atoms with Crippen molar-refractivity contribution >= 4 is 23.5 Å². The Morgan fingerprint density at radius 1 is 1.54 bits per heavy atom. The molecule has 2 rings (SSSR count). The maximum atomic E-state index is 5.54. The summed E-state index contributed by atoms with van der Waals surface area (Å²) in [6.07, 6.45) is 0. The summed E-state index contributed by atoms with van der Waals surface area (Å²) in [5.41, 5.74) is 9.08. The summed E-state index contributed by atoms with van der Waals surface area (Å²) in [5.74, 6) is 7.69. The van der Waals surface area contributed by atoms with Gasteiger partial charge in [0.05, 0.1) is 10.6 Å².